The Kier molecular flexibility index (Phi) is 3.21. The smallest absolute Gasteiger partial charge is 0.313 e. The second-order valence-electron chi connectivity index (χ2n) is 2.45. The third-order valence-electron chi connectivity index (χ3n) is 1.41. The van der Waals surface area contributed by atoms with Crippen LogP contribution < -0.4 is 16.4 Å². The highest BCUT2D eigenvalue weighted by Gasteiger charge is 2.16. The van der Waals surface area contributed by atoms with Gasteiger partial charge in [0.25, 0.3) is 0 Å². The minimum Gasteiger partial charge on any atom is -0.352 e. The Bertz CT molecular complexity index is 197. The van der Waals surface area contributed by atoms with E-state index in [4.69, 9.17) is 5.73 Å². The average molecular weight is 189 g/mol. The Balaban J connectivity index is 2.41. The van der Waals surface area contributed by atoms with E-state index in [2.05, 4.69) is 10.6 Å². The van der Waals surface area contributed by atoms with Crippen LogP contribution in [-0.2, 0) is 4.79 Å². The number of carbonyl (C=O) groups excluding carboxylic acids is 2. The summed E-state index contributed by atoms with van der Waals surface area (Å²) in [6, 6.07) is -0.609. The summed E-state index contributed by atoms with van der Waals surface area (Å²) < 4.78 is 0. The first-order valence-electron chi connectivity index (χ1n) is 3.61. The molecule has 3 amide bonds. The predicted molar refractivity (Wildman–Crippen MR) is 46.6 cm³/mol. The van der Waals surface area contributed by atoms with E-state index in [1.807, 2.05) is 0 Å². The standard InChI is InChI=1S/C6H11N3O2S/c7-6(11)9-4-3-12-2-1-5(10)8-4/h4H,1-3H2,(H,8,10)(H3,7,9,11). The van der Waals surface area contributed by atoms with Crippen LogP contribution in [0.2, 0.25) is 0 Å². The zero-order chi connectivity index (χ0) is 8.97. The van der Waals surface area contributed by atoms with Crippen molar-refractivity contribution in [3.63, 3.8) is 0 Å². The van der Waals surface area contributed by atoms with Crippen LogP contribution in [0.1, 0.15) is 6.42 Å². The van der Waals surface area contributed by atoms with E-state index in [-0.39, 0.29) is 12.1 Å². The summed E-state index contributed by atoms with van der Waals surface area (Å²) in [7, 11) is 0. The predicted octanol–water partition coefficient (Wildman–Crippen LogP) is -0.766. The molecule has 1 heterocycles. The SMILES string of the molecule is NC(=O)NC1CSCCC(=O)N1. The van der Waals surface area contributed by atoms with Crippen molar-refractivity contribution in [3.05, 3.63) is 0 Å². The maximum atomic E-state index is 11.0. The molecule has 0 aromatic carbocycles. The Morgan fingerprint density at radius 1 is 1.75 bits per heavy atom. The first kappa shape index (κ1) is 9.18. The molecule has 0 radical (unpaired) electrons. The molecular weight excluding hydrogens is 178 g/mol. The van der Waals surface area contributed by atoms with Crippen LogP contribution in [0.5, 0.6) is 0 Å². The molecule has 1 aliphatic heterocycles. The lowest BCUT2D eigenvalue weighted by molar-refractivity contribution is -0.121. The molecule has 0 aromatic heterocycles. The normalized spacial score (nSPS) is 24.0. The van der Waals surface area contributed by atoms with Gasteiger partial charge in [-0.2, -0.15) is 11.8 Å². The summed E-state index contributed by atoms with van der Waals surface area (Å²) in [6.45, 7) is 0. The third kappa shape index (κ3) is 3.00. The Morgan fingerprint density at radius 2 is 2.50 bits per heavy atom. The molecule has 0 spiro atoms. The van der Waals surface area contributed by atoms with Crippen molar-refractivity contribution in [2.45, 2.75) is 12.6 Å². The Morgan fingerprint density at radius 3 is 3.17 bits per heavy atom. The number of carbonyl (C=O) groups is 2. The average Bonchev–Trinajstić information content (AvgIpc) is 2.12. The van der Waals surface area contributed by atoms with Crippen LogP contribution in [0, 0.1) is 0 Å². The van der Waals surface area contributed by atoms with Crippen LogP contribution in [0.15, 0.2) is 0 Å². The molecule has 1 atom stereocenters. The molecule has 1 saturated heterocycles. The first-order chi connectivity index (χ1) is 5.68. The van der Waals surface area contributed by atoms with Gasteiger partial charge in [0.2, 0.25) is 5.91 Å². The van der Waals surface area contributed by atoms with Crippen molar-refractivity contribution in [1.29, 1.82) is 0 Å². The molecule has 12 heavy (non-hydrogen) atoms. The molecule has 6 heteroatoms. The quantitative estimate of drug-likeness (QED) is 0.506. The van der Waals surface area contributed by atoms with Crippen LogP contribution in [0.3, 0.4) is 0 Å². The number of hydrogen-bond acceptors (Lipinski definition) is 3. The molecular formula is C6H11N3O2S. The van der Waals surface area contributed by atoms with E-state index >= 15 is 0 Å². The fourth-order valence-corrected chi connectivity index (χ4v) is 1.82. The summed E-state index contributed by atoms with van der Waals surface area (Å²) >= 11 is 1.62. The molecule has 1 fully saturated rings. The number of nitrogens with two attached hydrogens (primary N) is 1. The summed E-state index contributed by atoms with van der Waals surface area (Å²) in [5, 5.41) is 5.08. The number of amides is 3. The highest BCUT2D eigenvalue weighted by atomic mass is 32.2. The lowest BCUT2D eigenvalue weighted by atomic mass is 10.4. The summed E-state index contributed by atoms with van der Waals surface area (Å²) in [4.78, 5) is 21.4. The number of primary amides is 1. The maximum absolute atomic E-state index is 11.0. The van der Waals surface area contributed by atoms with Crippen LogP contribution in [-0.4, -0.2) is 29.6 Å². The number of urea groups is 1. The highest BCUT2D eigenvalue weighted by molar-refractivity contribution is 7.99. The summed E-state index contributed by atoms with van der Waals surface area (Å²) in [6.07, 6.45) is 0.184. The second kappa shape index (κ2) is 4.20. The van der Waals surface area contributed by atoms with Gasteiger partial charge in [0, 0.05) is 17.9 Å². The molecule has 0 saturated carbocycles. The van der Waals surface area contributed by atoms with Crippen molar-refractivity contribution in [2.75, 3.05) is 11.5 Å². The minimum absolute atomic E-state index is 0.0428. The number of rotatable bonds is 1. The van der Waals surface area contributed by atoms with Crippen molar-refractivity contribution < 1.29 is 9.59 Å². The van der Waals surface area contributed by atoms with Crippen molar-refractivity contribution in [3.8, 4) is 0 Å². The van der Waals surface area contributed by atoms with Gasteiger partial charge in [-0.15, -0.1) is 0 Å². The molecule has 1 unspecified atom stereocenters. The Hall–Kier alpha value is -0.910. The maximum Gasteiger partial charge on any atom is 0.313 e. The van der Waals surface area contributed by atoms with Gasteiger partial charge in [0.05, 0.1) is 0 Å². The fourth-order valence-electron chi connectivity index (χ4n) is 0.924. The molecule has 68 valence electrons. The van der Waals surface area contributed by atoms with Crippen LogP contribution in [0.25, 0.3) is 0 Å². The lowest BCUT2D eigenvalue weighted by Gasteiger charge is -2.14. The van der Waals surface area contributed by atoms with Gasteiger partial charge in [-0.3, -0.25) is 4.79 Å². The largest absolute Gasteiger partial charge is 0.352 e. The third-order valence-corrected chi connectivity index (χ3v) is 2.47. The van der Waals surface area contributed by atoms with Crippen LogP contribution >= 0.6 is 11.8 Å². The molecule has 0 aliphatic carbocycles. The van der Waals surface area contributed by atoms with Crippen molar-refractivity contribution in [2.24, 2.45) is 5.73 Å². The number of hydrogen-bond donors (Lipinski definition) is 3. The summed E-state index contributed by atoms with van der Waals surface area (Å²) in [5.41, 5.74) is 4.91. The van der Waals surface area contributed by atoms with E-state index in [0.29, 0.717) is 12.2 Å². The molecule has 0 bridgehead atoms. The number of nitrogens with one attached hydrogen (secondary N) is 2. The lowest BCUT2D eigenvalue weighted by Crippen LogP contribution is -2.50. The topological polar surface area (TPSA) is 84.2 Å². The van der Waals surface area contributed by atoms with E-state index in [9.17, 15) is 9.59 Å². The molecule has 4 N–H and O–H groups in total. The molecule has 5 nitrogen and oxygen atoms in total. The fraction of sp³-hybridized carbons (Fsp3) is 0.667. The van der Waals surface area contributed by atoms with E-state index < -0.39 is 6.03 Å². The van der Waals surface area contributed by atoms with Gasteiger partial charge in [0.15, 0.2) is 0 Å². The van der Waals surface area contributed by atoms with Crippen molar-refractivity contribution >= 4 is 23.7 Å². The van der Waals surface area contributed by atoms with Gasteiger partial charge in [0.1, 0.15) is 6.17 Å². The molecule has 1 rings (SSSR count). The monoisotopic (exact) mass is 189 g/mol. The van der Waals surface area contributed by atoms with Gasteiger partial charge >= 0.3 is 6.03 Å². The highest BCUT2D eigenvalue weighted by Crippen LogP contribution is 2.07. The van der Waals surface area contributed by atoms with Gasteiger partial charge in [-0.25, -0.2) is 4.79 Å². The first-order valence-corrected chi connectivity index (χ1v) is 4.77. The zero-order valence-electron chi connectivity index (χ0n) is 6.50. The number of thioether (sulfide) groups is 1. The van der Waals surface area contributed by atoms with E-state index in [1.54, 1.807) is 11.8 Å². The second-order valence-corrected chi connectivity index (χ2v) is 3.60. The zero-order valence-corrected chi connectivity index (χ0v) is 7.32. The molecule has 1 aliphatic rings. The molecule has 0 aromatic rings. The van der Waals surface area contributed by atoms with E-state index in [1.165, 1.54) is 0 Å². The minimum atomic E-state index is -0.609. The van der Waals surface area contributed by atoms with Gasteiger partial charge < -0.3 is 16.4 Å². The van der Waals surface area contributed by atoms with Gasteiger partial charge in [-0.1, -0.05) is 0 Å². The van der Waals surface area contributed by atoms with E-state index in [0.717, 1.165) is 5.75 Å². The summed E-state index contributed by atoms with van der Waals surface area (Å²) in [5.74, 6) is 1.43. The van der Waals surface area contributed by atoms with Crippen LogP contribution in [0.4, 0.5) is 4.79 Å². The van der Waals surface area contributed by atoms with Crippen molar-refractivity contribution in [1.82, 2.24) is 10.6 Å². The van der Waals surface area contributed by atoms with Gasteiger partial charge in [-0.05, 0) is 0 Å². The Labute approximate surface area is 74.4 Å².